The fourth-order valence-electron chi connectivity index (χ4n) is 3.30. The van der Waals surface area contributed by atoms with Gasteiger partial charge in [0.05, 0.1) is 6.10 Å². The Hall–Kier alpha value is -1.82. The molecule has 0 saturated carbocycles. The van der Waals surface area contributed by atoms with E-state index >= 15 is 0 Å². The van der Waals surface area contributed by atoms with E-state index in [9.17, 15) is 14.7 Å². The molecule has 0 bridgehead atoms. The Kier molecular flexibility index (Phi) is 5.46. The van der Waals surface area contributed by atoms with Crippen LogP contribution < -0.4 is 0 Å². The largest absolute Gasteiger partial charge is 0.451 e. The van der Waals surface area contributed by atoms with E-state index in [1.165, 1.54) is 0 Å². The number of nitrogens with one attached hydrogen (secondary N) is 1. The van der Waals surface area contributed by atoms with Gasteiger partial charge < -0.3 is 19.7 Å². The maximum absolute atomic E-state index is 12.2. The van der Waals surface area contributed by atoms with Gasteiger partial charge in [-0.1, -0.05) is 6.92 Å². The third-order valence-electron chi connectivity index (χ3n) is 4.45. The first-order chi connectivity index (χ1) is 10.8. The molecule has 1 aliphatic rings. The van der Waals surface area contributed by atoms with E-state index in [1.54, 1.807) is 25.7 Å². The molecule has 2 heterocycles. The third kappa shape index (κ3) is 3.93. The summed E-state index contributed by atoms with van der Waals surface area (Å²) >= 11 is 0. The number of esters is 1. The molecule has 2 rings (SSSR count). The van der Waals surface area contributed by atoms with Crippen molar-refractivity contribution in [2.24, 2.45) is 5.92 Å². The number of aliphatic hydroxyl groups is 1. The second kappa shape index (κ2) is 7.17. The number of aromatic amines is 1. The summed E-state index contributed by atoms with van der Waals surface area (Å²) in [5.41, 5.74) is 2.41. The molecule has 1 aromatic rings. The first-order valence-corrected chi connectivity index (χ1v) is 8.13. The summed E-state index contributed by atoms with van der Waals surface area (Å²) in [7, 11) is 0. The van der Waals surface area contributed by atoms with Crippen LogP contribution in [0.15, 0.2) is 0 Å². The number of aliphatic hydroxyl groups excluding tert-OH is 1. The molecule has 0 spiro atoms. The van der Waals surface area contributed by atoms with Crippen LogP contribution in [0.4, 0.5) is 0 Å². The van der Waals surface area contributed by atoms with Crippen molar-refractivity contribution in [3.63, 3.8) is 0 Å². The van der Waals surface area contributed by atoms with E-state index in [2.05, 4.69) is 11.9 Å². The van der Waals surface area contributed by atoms with E-state index in [-0.39, 0.29) is 12.5 Å². The van der Waals surface area contributed by atoms with Gasteiger partial charge >= 0.3 is 5.97 Å². The van der Waals surface area contributed by atoms with Crippen LogP contribution in [0.3, 0.4) is 0 Å². The number of rotatable bonds is 4. The van der Waals surface area contributed by atoms with Crippen molar-refractivity contribution in [2.75, 3.05) is 19.7 Å². The topological polar surface area (TPSA) is 82.6 Å². The van der Waals surface area contributed by atoms with Crippen molar-refractivity contribution in [3.05, 3.63) is 22.5 Å². The summed E-state index contributed by atoms with van der Waals surface area (Å²) in [4.78, 5) is 29.0. The first kappa shape index (κ1) is 17.5. The van der Waals surface area contributed by atoms with Crippen molar-refractivity contribution < 1.29 is 19.4 Å². The van der Waals surface area contributed by atoms with Crippen molar-refractivity contribution in [3.8, 4) is 0 Å². The van der Waals surface area contributed by atoms with Gasteiger partial charge in [0.15, 0.2) is 6.61 Å². The number of hydrogen-bond donors (Lipinski definition) is 2. The first-order valence-electron chi connectivity index (χ1n) is 8.13. The average molecular weight is 322 g/mol. The molecule has 6 nitrogen and oxygen atoms in total. The summed E-state index contributed by atoms with van der Waals surface area (Å²) in [6.45, 7) is 8.54. The Labute approximate surface area is 136 Å². The number of carbonyl (C=O) groups is 2. The standard InChI is InChI=1S/C17H26N2O4/c1-10-6-5-7-19(8-10)14(21)9-23-17(22)16-11(2)15(13(4)20)12(3)18-16/h10,13,18,20H,5-9H2,1-4H3/t10-,13-/m0/s1. The molecule has 23 heavy (non-hydrogen) atoms. The van der Waals surface area contributed by atoms with Gasteiger partial charge in [-0.3, -0.25) is 4.79 Å². The Morgan fingerprint density at radius 2 is 2.13 bits per heavy atom. The molecular weight excluding hydrogens is 296 g/mol. The number of H-pyrrole nitrogens is 1. The number of hydrogen-bond acceptors (Lipinski definition) is 4. The SMILES string of the molecule is Cc1[nH]c(C(=O)OCC(=O)N2CCC[C@H](C)C2)c(C)c1[C@H](C)O. The smallest absolute Gasteiger partial charge is 0.355 e. The summed E-state index contributed by atoms with van der Waals surface area (Å²) in [6.07, 6.45) is 1.46. The Morgan fingerprint density at radius 1 is 1.43 bits per heavy atom. The number of nitrogens with zero attached hydrogens (tertiary/aromatic N) is 1. The lowest BCUT2D eigenvalue weighted by Gasteiger charge is -2.30. The number of piperidine rings is 1. The van der Waals surface area contributed by atoms with E-state index in [0.717, 1.165) is 31.6 Å². The van der Waals surface area contributed by atoms with E-state index in [0.29, 0.717) is 22.7 Å². The van der Waals surface area contributed by atoms with Crippen molar-refractivity contribution in [2.45, 2.75) is 46.6 Å². The van der Waals surface area contributed by atoms with Gasteiger partial charge in [0.2, 0.25) is 0 Å². The van der Waals surface area contributed by atoms with Gasteiger partial charge in [0.1, 0.15) is 5.69 Å². The quantitative estimate of drug-likeness (QED) is 0.832. The average Bonchev–Trinajstić information content (AvgIpc) is 2.79. The van der Waals surface area contributed by atoms with Crippen LogP contribution in [0.5, 0.6) is 0 Å². The highest BCUT2D eigenvalue weighted by molar-refractivity contribution is 5.91. The molecule has 0 radical (unpaired) electrons. The van der Waals surface area contributed by atoms with Crippen LogP contribution in [-0.4, -0.2) is 46.6 Å². The Bertz CT molecular complexity index is 592. The molecular formula is C17H26N2O4. The monoisotopic (exact) mass is 322 g/mol. The van der Waals surface area contributed by atoms with Crippen LogP contribution in [0.1, 0.15) is 60.1 Å². The second-order valence-corrected chi connectivity index (χ2v) is 6.50. The van der Waals surface area contributed by atoms with Gasteiger partial charge in [0, 0.05) is 24.3 Å². The van der Waals surface area contributed by atoms with E-state index in [4.69, 9.17) is 4.74 Å². The van der Waals surface area contributed by atoms with Gasteiger partial charge in [0.25, 0.3) is 5.91 Å². The van der Waals surface area contributed by atoms with Crippen molar-refractivity contribution in [1.82, 2.24) is 9.88 Å². The van der Waals surface area contributed by atoms with Crippen molar-refractivity contribution >= 4 is 11.9 Å². The zero-order chi connectivity index (χ0) is 17.1. The molecule has 2 N–H and O–H groups in total. The lowest BCUT2D eigenvalue weighted by molar-refractivity contribution is -0.136. The minimum absolute atomic E-state index is 0.151. The normalized spacial score (nSPS) is 19.5. The lowest BCUT2D eigenvalue weighted by Crippen LogP contribution is -2.41. The molecule has 1 amide bonds. The highest BCUT2D eigenvalue weighted by Crippen LogP contribution is 2.25. The zero-order valence-corrected chi connectivity index (χ0v) is 14.3. The fraction of sp³-hybridized carbons (Fsp3) is 0.647. The number of likely N-dealkylation sites (tertiary alicyclic amines) is 1. The molecule has 1 fully saturated rings. The molecule has 0 unspecified atom stereocenters. The van der Waals surface area contributed by atoms with Gasteiger partial charge in [-0.25, -0.2) is 4.79 Å². The predicted molar refractivity (Wildman–Crippen MR) is 86.2 cm³/mol. The molecule has 128 valence electrons. The van der Waals surface area contributed by atoms with Crippen LogP contribution in [0.25, 0.3) is 0 Å². The molecule has 1 saturated heterocycles. The number of aryl methyl sites for hydroxylation is 1. The van der Waals surface area contributed by atoms with Gasteiger partial charge in [-0.15, -0.1) is 0 Å². The molecule has 0 aromatic carbocycles. The zero-order valence-electron chi connectivity index (χ0n) is 14.3. The molecule has 6 heteroatoms. The van der Waals surface area contributed by atoms with E-state index in [1.807, 2.05) is 0 Å². The highest BCUT2D eigenvalue weighted by atomic mass is 16.5. The van der Waals surface area contributed by atoms with E-state index < -0.39 is 12.1 Å². The Balaban J connectivity index is 1.97. The summed E-state index contributed by atoms with van der Waals surface area (Å²) in [6, 6.07) is 0. The van der Waals surface area contributed by atoms with Crippen LogP contribution in [-0.2, 0) is 9.53 Å². The van der Waals surface area contributed by atoms with Crippen LogP contribution in [0, 0.1) is 19.8 Å². The summed E-state index contributed by atoms with van der Waals surface area (Å²) < 4.78 is 5.16. The third-order valence-corrected chi connectivity index (χ3v) is 4.45. The molecule has 2 atom stereocenters. The molecule has 1 aliphatic heterocycles. The van der Waals surface area contributed by atoms with Crippen LogP contribution >= 0.6 is 0 Å². The number of aromatic nitrogens is 1. The lowest BCUT2D eigenvalue weighted by atomic mass is 10.0. The number of ether oxygens (including phenoxy) is 1. The Morgan fingerprint density at radius 3 is 2.70 bits per heavy atom. The molecule has 1 aromatic heterocycles. The maximum atomic E-state index is 12.2. The highest BCUT2D eigenvalue weighted by Gasteiger charge is 2.24. The summed E-state index contributed by atoms with van der Waals surface area (Å²) in [5.74, 6) is -0.220. The predicted octanol–water partition coefficient (Wildman–Crippen LogP) is 2.10. The maximum Gasteiger partial charge on any atom is 0.355 e. The van der Waals surface area contributed by atoms with Crippen molar-refractivity contribution in [1.29, 1.82) is 0 Å². The van der Waals surface area contributed by atoms with Crippen LogP contribution in [0.2, 0.25) is 0 Å². The van der Waals surface area contributed by atoms with Gasteiger partial charge in [-0.05, 0) is 45.1 Å². The second-order valence-electron chi connectivity index (χ2n) is 6.50. The minimum Gasteiger partial charge on any atom is -0.451 e. The minimum atomic E-state index is -0.663. The fourth-order valence-corrected chi connectivity index (χ4v) is 3.30. The molecule has 0 aliphatic carbocycles. The number of carbonyl (C=O) groups excluding carboxylic acids is 2. The van der Waals surface area contributed by atoms with Gasteiger partial charge in [-0.2, -0.15) is 0 Å². The number of amides is 1. The summed E-state index contributed by atoms with van der Waals surface area (Å²) in [5, 5.41) is 9.76.